The first-order valence-corrected chi connectivity index (χ1v) is 7.04. The molecule has 2 aromatic rings. The van der Waals surface area contributed by atoms with Gasteiger partial charge in [0.2, 0.25) is 5.95 Å². The zero-order valence-electron chi connectivity index (χ0n) is 11.7. The van der Waals surface area contributed by atoms with Crippen molar-refractivity contribution in [3.05, 3.63) is 42.2 Å². The van der Waals surface area contributed by atoms with E-state index in [1.807, 2.05) is 12.4 Å². The van der Waals surface area contributed by atoms with Crippen molar-refractivity contribution in [2.24, 2.45) is 0 Å². The lowest BCUT2D eigenvalue weighted by atomic mass is 10.1. The van der Waals surface area contributed by atoms with Crippen LogP contribution < -0.4 is 4.90 Å². The van der Waals surface area contributed by atoms with Gasteiger partial charge < -0.3 is 10.0 Å². The Morgan fingerprint density at radius 1 is 1.00 bits per heavy atom. The number of rotatable bonds is 2. The molecule has 0 radical (unpaired) electrons. The summed E-state index contributed by atoms with van der Waals surface area (Å²) in [6.07, 6.45) is 5.17. The van der Waals surface area contributed by atoms with Crippen molar-refractivity contribution in [1.82, 2.24) is 9.97 Å². The smallest absolute Gasteiger partial charge is 0.225 e. The van der Waals surface area contributed by atoms with E-state index in [9.17, 15) is 5.11 Å². The molecular formula is C16H19N3O. The zero-order chi connectivity index (χ0) is 13.9. The lowest BCUT2D eigenvalue weighted by molar-refractivity contribution is 0.145. The highest BCUT2D eigenvalue weighted by Gasteiger charge is 2.18. The van der Waals surface area contributed by atoms with E-state index in [0.29, 0.717) is 0 Å². The fraction of sp³-hybridized carbons (Fsp3) is 0.375. The first-order valence-electron chi connectivity index (χ1n) is 7.04. The normalized spacial score (nSPS) is 16.4. The largest absolute Gasteiger partial charge is 0.393 e. The second-order valence-electron chi connectivity index (χ2n) is 5.36. The molecule has 1 aliphatic rings. The second-order valence-corrected chi connectivity index (χ2v) is 5.36. The molecule has 104 valence electrons. The lowest BCUT2D eigenvalue weighted by Crippen LogP contribution is -2.36. The molecule has 4 nitrogen and oxygen atoms in total. The van der Waals surface area contributed by atoms with E-state index in [2.05, 4.69) is 46.1 Å². The average molecular weight is 269 g/mol. The topological polar surface area (TPSA) is 49.2 Å². The van der Waals surface area contributed by atoms with Crippen LogP contribution in [0.4, 0.5) is 5.95 Å². The van der Waals surface area contributed by atoms with E-state index in [-0.39, 0.29) is 6.10 Å². The number of nitrogens with zero attached hydrogens (tertiary/aromatic N) is 3. The van der Waals surface area contributed by atoms with Gasteiger partial charge in [-0.3, -0.25) is 0 Å². The Hall–Kier alpha value is -1.94. The van der Waals surface area contributed by atoms with E-state index >= 15 is 0 Å². The number of hydrogen-bond acceptors (Lipinski definition) is 4. The summed E-state index contributed by atoms with van der Waals surface area (Å²) in [5.74, 6) is 0.757. The second kappa shape index (κ2) is 5.59. The van der Waals surface area contributed by atoms with Crippen LogP contribution in [0.1, 0.15) is 18.4 Å². The number of benzene rings is 1. The monoisotopic (exact) mass is 269 g/mol. The lowest BCUT2D eigenvalue weighted by Gasteiger charge is -2.29. The molecule has 0 atom stereocenters. The summed E-state index contributed by atoms with van der Waals surface area (Å²) >= 11 is 0. The highest BCUT2D eigenvalue weighted by molar-refractivity contribution is 5.62. The van der Waals surface area contributed by atoms with Crippen LogP contribution in [0.25, 0.3) is 11.1 Å². The van der Waals surface area contributed by atoms with E-state index < -0.39 is 0 Å². The zero-order valence-corrected chi connectivity index (χ0v) is 11.7. The van der Waals surface area contributed by atoms with Gasteiger partial charge in [0.25, 0.3) is 0 Å². The van der Waals surface area contributed by atoms with Gasteiger partial charge in [0, 0.05) is 31.0 Å². The maximum absolute atomic E-state index is 9.52. The predicted octanol–water partition coefficient (Wildman–Crippen LogP) is 2.41. The van der Waals surface area contributed by atoms with Crippen LogP contribution in [-0.2, 0) is 0 Å². The third-order valence-electron chi connectivity index (χ3n) is 3.77. The van der Waals surface area contributed by atoms with Gasteiger partial charge in [-0.25, -0.2) is 9.97 Å². The fourth-order valence-corrected chi connectivity index (χ4v) is 2.45. The minimum absolute atomic E-state index is 0.168. The van der Waals surface area contributed by atoms with Crippen molar-refractivity contribution >= 4 is 5.95 Å². The number of aromatic nitrogens is 2. The minimum Gasteiger partial charge on any atom is -0.393 e. The molecular weight excluding hydrogens is 250 g/mol. The highest BCUT2D eigenvalue weighted by Crippen LogP contribution is 2.21. The van der Waals surface area contributed by atoms with Gasteiger partial charge in [0.1, 0.15) is 0 Å². The van der Waals surface area contributed by atoms with E-state index in [4.69, 9.17) is 0 Å². The summed E-state index contributed by atoms with van der Waals surface area (Å²) in [6.45, 7) is 3.73. The van der Waals surface area contributed by atoms with Gasteiger partial charge in [0.15, 0.2) is 0 Å². The Bertz CT molecular complexity index is 557. The van der Waals surface area contributed by atoms with E-state index in [1.165, 1.54) is 5.56 Å². The van der Waals surface area contributed by atoms with Crippen LogP contribution >= 0.6 is 0 Å². The van der Waals surface area contributed by atoms with E-state index in [0.717, 1.165) is 43.0 Å². The minimum atomic E-state index is -0.168. The van der Waals surface area contributed by atoms with Crippen molar-refractivity contribution in [2.45, 2.75) is 25.9 Å². The molecule has 1 saturated heterocycles. The van der Waals surface area contributed by atoms with Crippen LogP contribution in [0, 0.1) is 6.92 Å². The number of aryl methyl sites for hydroxylation is 1. The SMILES string of the molecule is Cc1ccc(-c2cnc(N3CCC(O)CC3)nc2)cc1. The maximum Gasteiger partial charge on any atom is 0.225 e. The molecule has 20 heavy (non-hydrogen) atoms. The third-order valence-corrected chi connectivity index (χ3v) is 3.77. The fourth-order valence-electron chi connectivity index (χ4n) is 2.45. The molecule has 1 aromatic heterocycles. The molecule has 0 unspecified atom stereocenters. The molecule has 1 N–H and O–H groups in total. The van der Waals surface area contributed by atoms with Crippen molar-refractivity contribution in [3.8, 4) is 11.1 Å². The molecule has 1 aliphatic heterocycles. The number of aliphatic hydroxyl groups excluding tert-OH is 1. The maximum atomic E-state index is 9.52. The quantitative estimate of drug-likeness (QED) is 0.909. The molecule has 0 amide bonds. The molecule has 4 heteroatoms. The van der Waals surface area contributed by atoms with Crippen LogP contribution in [0.2, 0.25) is 0 Å². The summed E-state index contributed by atoms with van der Waals surface area (Å²) in [4.78, 5) is 11.0. The van der Waals surface area contributed by atoms with E-state index in [1.54, 1.807) is 0 Å². The molecule has 0 saturated carbocycles. The van der Waals surface area contributed by atoms with Crippen molar-refractivity contribution in [1.29, 1.82) is 0 Å². The van der Waals surface area contributed by atoms with Crippen molar-refractivity contribution in [2.75, 3.05) is 18.0 Å². The number of aliphatic hydroxyl groups is 1. The number of piperidine rings is 1. The third kappa shape index (κ3) is 2.80. The van der Waals surface area contributed by atoms with Crippen molar-refractivity contribution in [3.63, 3.8) is 0 Å². The Labute approximate surface area is 119 Å². The van der Waals surface area contributed by atoms with Crippen LogP contribution in [0.5, 0.6) is 0 Å². The first kappa shape index (κ1) is 13.1. The highest BCUT2D eigenvalue weighted by atomic mass is 16.3. The molecule has 0 spiro atoms. The summed E-state index contributed by atoms with van der Waals surface area (Å²) in [7, 11) is 0. The Kier molecular flexibility index (Phi) is 3.65. The van der Waals surface area contributed by atoms with Crippen LogP contribution in [-0.4, -0.2) is 34.3 Å². The first-order chi connectivity index (χ1) is 9.72. The Balaban J connectivity index is 1.76. The summed E-state index contributed by atoms with van der Waals surface area (Å²) in [6, 6.07) is 8.36. The molecule has 1 fully saturated rings. The van der Waals surface area contributed by atoms with Gasteiger partial charge in [-0.1, -0.05) is 29.8 Å². The predicted molar refractivity (Wildman–Crippen MR) is 79.7 cm³/mol. The molecule has 1 aromatic carbocycles. The summed E-state index contributed by atoms with van der Waals surface area (Å²) in [5.41, 5.74) is 3.42. The number of hydrogen-bond donors (Lipinski definition) is 1. The van der Waals surface area contributed by atoms with Gasteiger partial charge in [0.05, 0.1) is 6.10 Å². The van der Waals surface area contributed by atoms with Gasteiger partial charge in [-0.05, 0) is 25.3 Å². The van der Waals surface area contributed by atoms with Gasteiger partial charge in [-0.15, -0.1) is 0 Å². The van der Waals surface area contributed by atoms with Crippen molar-refractivity contribution < 1.29 is 5.11 Å². The van der Waals surface area contributed by atoms with Gasteiger partial charge in [-0.2, -0.15) is 0 Å². The molecule has 2 heterocycles. The Morgan fingerprint density at radius 3 is 2.20 bits per heavy atom. The standard InChI is InChI=1S/C16H19N3O/c1-12-2-4-13(5-3-12)14-10-17-16(18-11-14)19-8-6-15(20)7-9-19/h2-5,10-11,15,20H,6-9H2,1H3. The van der Waals surface area contributed by atoms with Crippen LogP contribution in [0.3, 0.4) is 0 Å². The van der Waals surface area contributed by atoms with Gasteiger partial charge >= 0.3 is 0 Å². The number of anilines is 1. The summed E-state index contributed by atoms with van der Waals surface area (Å²) < 4.78 is 0. The average Bonchev–Trinajstić information content (AvgIpc) is 2.49. The molecule has 0 aliphatic carbocycles. The molecule has 0 bridgehead atoms. The van der Waals surface area contributed by atoms with Crippen LogP contribution in [0.15, 0.2) is 36.7 Å². The molecule has 3 rings (SSSR count). The summed E-state index contributed by atoms with van der Waals surface area (Å²) in [5, 5.41) is 9.52. The Morgan fingerprint density at radius 2 is 1.60 bits per heavy atom.